The average Bonchev–Trinajstić information content (AvgIpc) is 3.16. The molecule has 0 aromatic carbocycles. The first-order valence-electron chi connectivity index (χ1n) is 10.1. The maximum atomic E-state index is 12.4. The van der Waals surface area contributed by atoms with E-state index in [-0.39, 0.29) is 18.8 Å². The van der Waals surface area contributed by atoms with Crippen LogP contribution in [-0.4, -0.2) is 69.2 Å². The summed E-state index contributed by atoms with van der Waals surface area (Å²) in [5.41, 5.74) is 8.04. The van der Waals surface area contributed by atoms with E-state index in [1.165, 1.54) is 0 Å². The number of aromatic amines is 1. The van der Waals surface area contributed by atoms with E-state index in [0.717, 1.165) is 11.1 Å². The van der Waals surface area contributed by atoms with Crippen LogP contribution in [0.4, 0.5) is 10.6 Å². The number of rotatable bonds is 4. The van der Waals surface area contributed by atoms with Crippen LogP contribution >= 0.6 is 0 Å². The molecular formula is C21H26N6O4. The minimum atomic E-state index is -0.550. The minimum Gasteiger partial charge on any atom is -0.488 e. The lowest BCUT2D eigenvalue weighted by Crippen LogP contribution is -2.49. The highest BCUT2D eigenvalue weighted by atomic mass is 16.6. The van der Waals surface area contributed by atoms with E-state index in [2.05, 4.69) is 20.2 Å². The normalized spacial score (nSPS) is 17.0. The zero-order valence-electron chi connectivity index (χ0n) is 17.8. The fraction of sp³-hybridized carbons (Fsp3) is 0.429. The lowest BCUT2D eigenvalue weighted by Gasteiger charge is -2.34. The Kier molecular flexibility index (Phi) is 5.64. The van der Waals surface area contributed by atoms with Crippen molar-refractivity contribution in [1.29, 1.82) is 0 Å². The van der Waals surface area contributed by atoms with Crippen LogP contribution in [0.15, 0.2) is 30.6 Å². The van der Waals surface area contributed by atoms with E-state index in [1.54, 1.807) is 23.4 Å². The molecule has 0 aliphatic carbocycles. The quantitative estimate of drug-likeness (QED) is 0.651. The number of amides is 1. The van der Waals surface area contributed by atoms with Gasteiger partial charge in [-0.1, -0.05) is 0 Å². The number of morpholine rings is 1. The molecule has 3 aromatic rings. The number of nitrogens with one attached hydrogen (secondary N) is 1. The van der Waals surface area contributed by atoms with E-state index in [1.807, 2.05) is 32.9 Å². The van der Waals surface area contributed by atoms with Gasteiger partial charge < -0.3 is 24.8 Å². The van der Waals surface area contributed by atoms with Gasteiger partial charge in [-0.25, -0.2) is 4.79 Å². The van der Waals surface area contributed by atoms with Crippen molar-refractivity contribution in [2.45, 2.75) is 32.5 Å². The maximum Gasteiger partial charge on any atom is 0.410 e. The summed E-state index contributed by atoms with van der Waals surface area (Å²) in [6.07, 6.45) is 2.68. The zero-order chi connectivity index (χ0) is 22.0. The van der Waals surface area contributed by atoms with Crippen molar-refractivity contribution in [3.8, 4) is 17.0 Å². The van der Waals surface area contributed by atoms with E-state index in [4.69, 9.17) is 19.9 Å². The number of nitrogens with zero attached hydrogens (tertiary/aromatic N) is 4. The molecule has 4 heterocycles. The van der Waals surface area contributed by atoms with Crippen LogP contribution in [0.2, 0.25) is 0 Å². The van der Waals surface area contributed by atoms with Gasteiger partial charge in [0.15, 0.2) is 0 Å². The Hall–Kier alpha value is -3.40. The maximum absolute atomic E-state index is 12.4. The van der Waals surface area contributed by atoms with Crippen LogP contribution in [0.5, 0.6) is 5.75 Å². The smallest absolute Gasteiger partial charge is 0.410 e. The number of anilines is 1. The summed E-state index contributed by atoms with van der Waals surface area (Å²) in [6.45, 7) is 7.03. The fourth-order valence-electron chi connectivity index (χ4n) is 3.33. The molecule has 31 heavy (non-hydrogen) atoms. The molecule has 0 radical (unpaired) electrons. The molecule has 0 unspecified atom stereocenters. The summed E-state index contributed by atoms with van der Waals surface area (Å²) < 4.78 is 17.3. The third-order valence-electron chi connectivity index (χ3n) is 4.67. The predicted molar refractivity (Wildman–Crippen MR) is 115 cm³/mol. The van der Waals surface area contributed by atoms with Gasteiger partial charge in [-0.05, 0) is 32.9 Å². The number of nitrogen functional groups attached to an aromatic ring is 1. The molecule has 1 amide bonds. The highest BCUT2D eigenvalue weighted by molar-refractivity contribution is 5.93. The Labute approximate surface area is 179 Å². The van der Waals surface area contributed by atoms with Crippen molar-refractivity contribution >= 4 is 22.9 Å². The number of carbonyl (C=O) groups excluding carboxylic acids is 1. The monoisotopic (exact) mass is 426 g/mol. The Balaban J connectivity index is 1.52. The largest absolute Gasteiger partial charge is 0.488 e. The van der Waals surface area contributed by atoms with Crippen LogP contribution in [-0.2, 0) is 9.47 Å². The third-order valence-corrected chi connectivity index (χ3v) is 4.67. The van der Waals surface area contributed by atoms with Crippen LogP contribution in [0.25, 0.3) is 22.3 Å². The number of aromatic nitrogens is 4. The van der Waals surface area contributed by atoms with E-state index in [0.29, 0.717) is 42.5 Å². The summed E-state index contributed by atoms with van der Waals surface area (Å²) in [5.74, 6) is 0.887. The van der Waals surface area contributed by atoms with Crippen molar-refractivity contribution in [3.05, 3.63) is 30.6 Å². The van der Waals surface area contributed by atoms with Crippen molar-refractivity contribution < 1.29 is 19.0 Å². The predicted octanol–water partition coefficient (Wildman–Crippen LogP) is 2.62. The Morgan fingerprint density at radius 1 is 1.39 bits per heavy atom. The van der Waals surface area contributed by atoms with Gasteiger partial charge in [-0.2, -0.15) is 5.10 Å². The number of hydrogen-bond acceptors (Lipinski definition) is 8. The standard InChI is InChI=1S/C21H26N6O4/c1-21(2,3)31-20(28)27-7-8-29-13(11-27)12-30-16-10-24-14-5-4-6-23-19(14)18(16)15-9-17(22)26-25-15/h4-6,9-10,13H,7-8,11-12H2,1-3H3,(H3,22,25,26)/t13-/m0/s1. The first-order valence-corrected chi connectivity index (χ1v) is 10.1. The van der Waals surface area contributed by atoms with Gasteiger partial charge in [0, 0.05) is 18.8 Å². The van der Waals surface area contributed by atoms with Crippen LogP contribution in [0, 0.1) is 0 Å². The number of H-pyrrole nitrogens is 1. The summed E-state index contributed by atoms with van der Waals surface area (Å²) in [6, 6.07) is 5.41. The molecule has 3 N–H and O–H groups in total. The summed E-state index contributed by atoms with van der Waals surface area (Å²) in [7, 11) is 0. The van der Waals surface area contributed by atoms with Crippen LogP contribution in [0.1, 0.15) is 20.8 Å². The molecule has 10 nitrogen and oxygen atoms in total. The Morgan fingerprint density at radius 2 is 2.23 bits per heavy atom. The van der Waals surface area contributed by atoms with Crippen molar-refractivity contribution in [3.63, 3.8) is 0 Å². The SMILES string of the molecule is CC(C)(C)OC(=O)N1CCO[C@H](COc2cnc3cccnc3c2-c2cc(N)n[nH]2)C1. The first kappa shape index (κ1) is 20.9. The highest BCUT2D eigenvalue weighted by Gasteiger charge is 2.29. The molecule has 0 spiro atoms. The summed E-state index contributed by atoms with van der Waals surface area (Å²) in [4.78, 5) is 22.9. The van der Waals surface area contributed by atoms with Gasteiger partial charge in [0.2, 0.25) is 0 Å². The molecule has 1 fully saturated rings. The minimum absolute atomic E-state index is 0.232. The molecule has 1 saturated heterocycles. The number of hydrogen-bond donors (Lipinski definition) is 2. The molecule has 10 heteroatoms. The van der Waals surface area contributed by atoms with Crippen molar-refractivity contribution in [2.75, 3.05) is 32.0 Å². The molecule has 3 aromatic heterocycles. The molecule has 164 valence electrons. The van der Waals surface area contributed by atoms with Gasteiger partial charge in [-0.15, -0.1) is 0 Å². The number of ether oxygens (including phenoxy) is 3. The van der Waals surface area contributed by atoms with E-state index in [9.17, 15) is 4.79 Å². The molecule has 4 rings (SSSR count). The number of fused-ring (bicyclic) bond motifs is 1. The molecule has 1 aliphatic heterocycles. The van der Waals surface area contributed by atoms with Gasteiger partial charge in [-0.3, -0.25) is 15.1 Å². The van der Waals surface area contributed by atoms with Gasteiger partial charge in [0.1, 0.15) is 35.4 Å². The second-order valence-corrected chi connectivity index (χ2v) is 8.31. The highest BCUT2D eigenvalue weighted by Crippen LogP contribution is 2.34. The molecular weight excluding hydrogens is 400 g/mol. The van der Waals surface area contributed by atoms with Crippen molar-refractivity contribution in [2.24, 2.45) is 0 Å². The van der Waals surface area contributed by atoms with Gasteiger partial charge in [0.05, 0.1) is 36.1 Å². The Morgan fingerprint density at radius 3 is 2.97 bits per heavy atom. The van der Waals surface area contributed by atoms with Gasteiger partial charge in [0.25, 0.3) is 0 Å². The number of carbonyl (C=O) groups is 1. The fourth-order valence-corrected chi connectivity index (χ4v) is 3.33. The first-order chi connectivity index (χ1) is 14.8. The Bertz CT molecular complexity index is 1080. The van der Waals surface area contributed by atoms with Crippen LogP contribution < -0.4 is 10.5 Å². The van der Waals surface area contributed by atoms with Crippen LogP contribution in [0.3, 0.4) is 0 Å². The lowest BCUT2D eigenvalue weighted by molar-refractivity contribution is -0.0556. The third kappa shape index (κ3) is 4.85. The second-order valence-electron chi connectivity index (χ2n) is 8.31. The average molecular weight is 426 g/mol. The second kappa shape index (κ2) is 8.38. The number of pyridine rings is 2. The van der Waals surface area contributed by atoms with E-state index < -0.39 is 5.60 Å². The van der Waals surface area contributed by atoms with Gasteiger partial charge >= 0.3 is 6.09 Å². The summed E-state index contributed by atoms with van der Waals surface area (Å²) >= 11 is 0. The summed E-state index contributed by atoms with van der Waals surface area (Å²) in [5, 5.41) is 6.93. The zero-order valence-corrected chi connectivity index (χ0v) is 17.8. The molecule has 0 saturated carbocycles. The van der Waals surface area contributed by atoms with E-state index >= 15 is 0 Å². The molecule has 1 aliphatic rings. The molecule has 1 atom stereocenters. The topological polar surface area (TPSA) is 128 Å². The van der Waals surface area contributed by atoms with Crippen molar-refractivity contribution in [1.82, 2.24) is 25.1 Å². The number of nitrogens with two attached hydrogens (primary N) is 1. The molecule has 0 bridgehead atoms. The lowest BCUT2D eigenvalue weighted by atomic mass is 10.1.